The highest BCUT2D eigenvalue weighted by atomic mass is 35.5. The predicted octanol–water partition coefficient (Wildman–Crippen LogP) is 1.12. The molecule has 6 N–H and O–H groups in total. The second-order valence-corrected chi connectivity index (χ2v) is 7.74. The van der Waals surface area contributed by atoms with Crippen LogP contribution in [0.1, 0.15) is 38.7 Å². The number of ketones is 1. The molecule has 1 aromatic carbocycles. The van der Waals surface area contributed by atoms with Crippen molar-refractivity contribution in [3.63, 3.8) is 0 Å². The molecule has 0 aliphatic rings. The first-order chi connectivity index (χ1) is 13.8. The molecule has 0 unspecified atom stereocenters. The maximum Gasteiger partial charge on any atom is 0.244 e. The number of benzene rings is 1. The van der Waals surface area contributed by atoms with Crippen molar-refractivity contribution in [1.82, 2.24) is 10.6 Å². The molecule has 8 heteroatoms. The molecule has 0 saturated carbocycles. The van der Waals surface area contributed by atoms with E-state index in [-0.39, 0.29) is 17.6 Å². The number of amides is 2. The Morgan fingerprint density at radius 2 is 1.69 bits per heavy atom. The Hall–Kier alpha value is -1.80. The summed E-state index contributed by atoms with van der Waals surface area (Å²) in [5, 5.41) is 5.49. The fraction of sp³-hybridized carbons (Fsp3) is 0.571. The first-order valence-electron chi connectivity index (χ1n) is 9.99. The number of alkyl halides is 1. The fourth-order valence-corrected chi connectivity index (χ4v) is 3.02. The number of halogens is 1. The molecule has 0 saturated heterocycles. The molecule has 1 rings (SSSR count). The Bertz CT molecular complexity index is 655. The summed E-state index contributed by atoms with van der Waals surface area (Å²) in [5.74, 6) is -1.50. The molecule has 0 bridgehead atoms. The minimum absolute atomic E-state index is 0.106. The Morgan fingerprint density at radius 3 is 2.24 bits per heavy atom. The van der Waals surface area contributed by atoms with Crippen molar-refractivity contribution >= 4 is 29.2 Å². The summed E-state index contributed by atoms with van der Waals surface area (Å²) in [6.07, 6.45) is 2.33. The number of rotatable bonds is 13. The predicted molar refractivity (Wildman–Crippen MR) is 115 cm³/mol. The minimum Gasteiger partial charge on any atom is -0.330 e. The number of unbranched alkanes of at least 4 members (excludes halogenated alkanes) is 1. The third kappa shape index (κ3) is 9.04. The molecule has 3 atom stereocenters. The molecule has 0 heterocycles. The zero-order chi connectivity index (χ0) is 21.8. The largest absolute Gasteiger partial charge is 0.330 e. The molecular weight excluding hydrogens is 392 g/mol. The van der Waals surface area contributed by atoms with Crippen molar-refractivity contribution in [3.8, 4) is 0 Å². The van der Waals surface area contributed by atoms with Gasteiger partial charge in [0.25, 0.3) is 0 Å². The third-order valence-corrected chi connectivity index (χ3v) is 5.00. The van der Waals surface area contributed by atoms with E-state index in [0.29, 0.717) is 19.4 Å². The first-order valence-corrected chi connectivity index (χ1v) is 10.5. The van der Waals surface area contributed by atoms with Crippen molar-refractivity contribution in [3.05, 3.63) is 35.9 Å². The van der Waals surface area contributed by atoms with Gasteiger partial charge in [0.05, 0.1) is 24.0 Å². The van der Waals surface area contributed by atoms with Crippen LogP contribution >= 0.6 is 11.6 Å². The van der Waals surface area contributed by atoms with Gasteiger partial charge in [0, 0.05) is 0 Å². The average molecular weight is 425 g/mol. The molecule has 1 aromatic rings. The summed E-state index contributed by atoms with van der Waals surface area (Å²) < 4.78 is 0. The molecular formula is C21H33ClN4O3. The summed E-state index contributed by atoms with van der Waals surface area (Å²) in [7, 11) is 0. The van der Waals surface area contributed by atoms with E-state index in [0.717, 1.165) is 18.4 Å². The fourth-order valence-electron chi connectivity index (χ4n) is 2.84. The number of hydrogen-bond donors (Lipinski definition) is 4. The van der Waals surface area contributed by atoms with E-state index in [9.17, 15) is 14.4 Å². The van der Waals surface area contributed by atoms with Crippen LogP contribution in [0.2, 0.25) is 0 Å². The van der Waals surface area contributed by atoms with Crippen LogP contribution < -0.4 is 22.1 Å². The highest BCUT2D eigenvalue weighted by Crippen LogP contribution is 2.09. The van der Waals surface area contributed by atoms with Crippen LogP contribution in [0.4, 0.5) is 0 Å². The summed E-state index contributed by atoms with van der Waals surface area (Å²) in [4.78, 5) is 37.4. The molecule has 29 heavy (non-hydrogen) atoms. The Kier molecular flexibility index (Phi) is 11.7. The monoisotopic (exact) mass is 424 g/mol. The molecule has 0 radical (unpaired) electrons. The lowest BCUT2D eigenvalue weighted by molar-refractivity contribution is -0.133. The standard InChI is InChI=1S/C21H33ClN4O3/c1-14(2)19(24)21(29)26-20(28)17(12-15-8-4-3-5-9-15)25-16(18(27)13-22)10-6-7-11-23/h3-5,8-9,14,16-17,19,25H,6-7,10-13,23-24H2,1-2H3,(H,26,28,29)/t16-,17-,19+/m0/s1. The summed E-state index contributed by atoms with van der Waals surface area (Å²) >= 11 is 5.76. The van der Waals surface area contributed by atoms with Crippen molar-refractivity contribution in [1.29, 1.82) is 0 Å². The molecule has 0 aliphatic heterocycles. The van der Waals surface area contributed by atoms with E-state index in [1.165, 1.54) is 0 Å². The van der Waals surface area contributed by atoms with E-state index < -0.39 is 29.9 Å². The number of nitrogens with two attached hydrogens (primary N) is 2. The van der Waals surface area contributed by atoms with Gasteiger partial charge in [-0.25, -0.2) is 0 Å². The molecule has 0 spiro atoms. The second-order valence-electron chi connectivity index (χ2n) is 7.47. The third-order valence-electron chi connectivity index (χ3n) is 4.74. The van der Waals surface area contributed by atoms with Gasteiger partial charge in [-0.05, 0) is 37.3 Å². The van der Waals surface area contributed by atoms with Gasteiger partial charge >= 0.3 is 0 Å². The number of hydrogen-bond acceptors (Lipinski definition) is 6. The maximum absolute atomic E-state index is 12.8. The number of carbonyl (C=O) groups is 3. The average Bonchev–Trinajstić information content (AvgIpc) is 2.71. The molecule has 7 nitrogen and oxygen atoms in total. The van der Waals surface area contributed by atoms with Gasteiger partial charge in [0.2, 0.25) is 11.8 Å². The van der Waals surface area contributed by atoms with Crippen LogP contribution in [0, 0.1) is 5.92 Å². The van der Waals surface area contributed by atoms with Gasteiger partial charge in [-0.1, -0.05) is 50.6 Å². The van der Waals surface area contributed by atoms with Crippen molar-refractivity contribution in [2.24, 2.45) is 17.4 Å². The first kappa shape index (κ1) is 25.2. The van der Waals surface area contributed by atoms with Gasteiger partial charge in [-0.3, -0.25) is 25.0 Å². The van der Waals surface area contributed by atoms with E-state index in [1.54, 1.807) is 13.8 Å². The lowest BCUT2D eigenvalue weighted by Crippen LogP contribution is -2.56. The molecule has 0 aliphatic carbocycles. The SMILES string of the molecule is CC(C)[C@@H](N)C(=O)NC(=O)[C@H](Cc1ccccc1)N[C@@H](CCCCN)C(=O)CCl. The van der Waals surface area contributed by atoms with Gasteiger partial charge in [-0.2, -0.15) is 0 Å². The Labute approximate surface area is 177 Å². The maximum atomic E-state index is 12.8. The van der Waals surface area contributed by atoms with Crippen LogP contribution in [0.25, 0.3) is 0 Å². The molecule has 162 valence electrons. The van der Waals surface area contributed by atoms with Crippen molar-refractivity contribution in [2.75, 3.05) is 12.4 Å². The summed E-state index contributed by atoms with van der Waals surface area (Å²) in [5.41, 5.74) is 12.3. The normalized spacial score (nSPS) is 14.3. The van der Waals surface area contributed by atoms with Gasteiger partial charge in [0.15, 0.2) is 5.78 Å². The van der Waals surface area contributed by atoms with Crippen LogP contribution in [0.5, 0.6) is 0 Å². The Balaban J connectivity index is 2.97. The van der Waals surface area contributed by atoms with Crippen LogP contribution in [-0.2, 0) is 20.8 Å². The summed E-state index contributed by atoms with van der Waals surface area (Å²) in [6, 6.07) is 7.22. The van der Waals surface area contributed by atoms with E-state index in [1.807, 2.05) is 30.3 Å². The lowest BCUT2D eigenvalue weighted by atomic mass is 10.00. The van der Waals surface area contributed by atoms with Crippen molar-refractivity contribution < 1.29 is 14.4 Å². The smallest absolute Gasteiger partial charge is 0.244 e. The van der Waals surface area contributed by atoms with Gasteiger partial charge in [-0.15, -0.1) is 11.6 Å². The van der Waals surface area contributed by atoms with Gasteiger partial charge < -0.3 is 11.5 Å². The van der Waals surface area contributed by atoms with E-state index in [2.05, 4.69) is 10.6 Å². The second kappa shape index (κ2) is 13.4. The van der Waals surface area contributed by atoms with Crippen LogP contribution in [-0.4, -0.2) is 48.1 Å². The topological polar surface area (TPSA) is 127 Å². The number of Topliss-reactive ketones (excluding diaryl/α,β-unsaturated/α-hetero) is 1. The minimum atomic E-state index is -0.791. The van der Waals surface area contributed by atoms with E-state index >= 15 is 0 Å². The molecule has 0 aromatic heterocycles. The number of carbonyl (C=O) groups excluding carboxylic acids is 3. The zero-order valence-electron chi connectivity index (χ0n) is 17.2. The highest BCUT2D eigenvalue weighted by Gasteiger charge is 2.28. The van der Waals surface area contributed by atoms with Crippen LogP contribution in [0.15, 0.2) is 30.3 Å². The molecule has 0 fully saturated rings. The van der Waals surface area contributed by atoms with E-state index in [4.69, 9.17) is 23.1 Å². The number of imide groups is 1. The van der Waals surface area contributed by atoms with Crippen molar-refractivity contribution in [2.45, 2.75) is 57.7 Å². The Morgan fingerprint density at radius 1 is 1.03 bits per heavy atom. The molecule has 2 amide bonds. The van der Waals surface area contributed by atoms with Gasteiger partial charge in [0.1, 0.15) is 0 Å². The zero-order valence-corrected chi connectivity index (χ0v) is 18.0. The number of nitrogens with one attached hydrogen (secondary N) is 2. The lowest BCUT2D eigenvalue weighted by Gasteiger charge is -2.25. The highest BCUT2D eigenvalue weighted by molar-refractivity contribution is 6.28. The summed E-state index contributed by atoms with van der Waals surface area (Å²) in [6.45, 7) is 4.14. The van der Waals surface area contributed by atoms with Crippen LogP contribution in [0.3, 0.4) is 0 Å². The quantitative estimate of drug-likeness (QED) is 0.277.